The molecule has 0 bridgehead atoms. The van der Waals surface area contributed by atoms with Gasteiger partial charge in [0.25, 0.3) is 0 Å². The van der Waals surface area contributed by atoms with E-state index in [2.05, 4.69) is 15.2 Å². The lowest BCUT2D eigenvalue weighted by Gasteiger charge is -2.36. The van der Waals surface area contributed by atoms with Crippen molar-refractivity contribution in [1.82, 2.24) is 9.88 Å². The van der Waals surface area contributed by atoms with Gasteiger partial charge in [0.1, 0.15) is 11.4 Å². The number of piperazine rings is 1. The average molecular weight is 464 g/mol. The molecule has 1 aliphatic rings. The zero-order chi connectivity index (χ0) is 24.2. The van der Waals surface area contributed by atoms with Gasteiger partial charge in [0.2, 0.25) is 5.91 Å². The van der Waals surface area contributed by atoms with Gasteiger partial charge in [-0.1, -0.05) is 12.1 Å². The highest BCUT2D eigenvalue weighted by Crippen LogP contribution is 2.29. The number of halogens is 3. The molecule has 1 fully saturated rings. The summed E-state index contributed by atoms with van der Waals surface area (Å²) in [4.78, 5) is 32.4. The van der Waals surface area contributed by atoms with Crippen LogP contribution in [0.3, 0.4) is 0 Å². The van der Waals surface area contributed by atoms with Gasteiger partial charge in [0.15, 0.2) is 0 Å². The summed E-state index contributed by atoms with van der Waals surface area (Å²) in [5.41, 5.74) is 0.0423. The second-order valence-corrected chi connectivity index (χ2v) is 8.78. The van der Waals surface area contributed by atoms with Crippen molar-refractivity contribution >= 4 is 23.5 Å². The Bertz CT molecular complexity index is 962. The first-order valence-corrected chi connectivity index (χ1v) is 10.6. The summed E-state index contributed by atoms with van der Waals surface area (Å²) in [6.07, 6.45) is -3.16. The molecule has 2 aromatic rings. The van der Waals surface area contributed by atoms with Gasteiger partial charge in [-0.3, -0.25) is 4.79 Å². The molecule has 0 radical (unpaired) electrons. The van der Waals surface area contributed by atoms with E-state index < -0.39 is 17.3 Å². The monoisotopic (exact) mass is 464 g/mol. The molecule has 2 amide bonds. The molecule has 1 saturated heterocycles. The number of benzene rings is 1. The molecule has 7 nitrogen and oxygen atoms in total. The van der Waals surface area contributed by atoms with Gasteiger partial charge in [-0.15, -0.1) is 0 Å². The Hall–Kier alpha value is -3.30. The van der Waals surface area contributed by atoms with Crippen LogP contribution in [0.2, 0.25) is 0 Å². The average Bonchev–Trinajstić information content (AvgIpc) is 2.73. The molecule has 3 rings (SSSR count). The number of nitrogens with zero attached hydrogens (tertiary/aromatic N) is 3. The number of amides is 2. The standard InChI is InChI=1S/C23H27F3N4O3/c1-22(2,3)33-21(32)30-12-10-29(11-13-30)18-8-9-19(27-15-18)28-20(31)14-16-4-6-17(7-5-16)23(24,25)26/h4-9,15H,10-14H2,1-3H3,(H,27,28,31). The Balaban J connectivity index is 1.49. The predicted molar refractivity (Wildman–Crippen MR) is 118 cm³/mol. The third-order valence-corrected chi connectivity index (χ3v) is 4.96. The zero-order valence-corrected chi connectivity index (χ0v) is 18.8. The second-order valence-electron chi connectivity index (χ2n) is 8.78. The lowest BCUT2D eigenvalue weighted by Crippen LogP contribution is -2.50. The van der Waals surface area contributed by atoms with Gasteiger partial charge < -0.3 is 19.9 Å². The molecular weight excluding hydrogens is 437 g/mol. The van der Waals surface area contributed by atoms with Crippen LogP contribution in [0, 0.1) is 0 Å². The summed E-state index contributed by atoms with van der Waals surface area (Å²) < 4.78 is 43.3. The van der Waals surface area contributed by atoms with Gasteiger partial charge in [0.05, 0.1) is 23.9 Å². The third-order valence-electron chi connectivity index (χ3n) is 4.96. The maximum absolute atomic E-state index is 12.6. The number of anilines is 2. The molecule has 1 aromatic heterocycles. The summed E-state index contributed by atoms with van der Waals surface area (Å²) in [6.45, 7) is 7.80. The molecule has 10 heteroatoms. The van der Waals surface area contributed by atoms with Crippen molar-refractivity contribution in [3.05, 3.63) is 53.7 Å². The number of aromatic nitrogens is 1. The van der Waals surface area contributed by atoms with Crippen LogP contribution >= 0.6 is 0 Å². The number of alkyl halides is 3. The maximum atomic E-state index is 12.6. The van der Waals surface area contributed by atoms with Crippen LogP contribution in [0.1, 0.15) is 31.9 Å². The van der Waals surface area contributed by atoms with Gasteiger partial charge in [-0.25, -0.2) is 9.78 Å². The van der Waals surface area contributed by atoms with Gasteiger partial charge in [-0.2, -0.15) is 13.2 Å². The number of rotatable bonds is 4. The first kappa shape index (κ1) is 24.3. The van der Waals surface area contributed by atoms with Crippen LogP contribution in [0.5, 0.6) is 0 Å². The van der Waals surface area contributed by atoms with Gasteiger partial charge in [-0.05, 0) is 50.6 Å². The SMILES string of the molecule is CC(C)(C)OC(=O)N1CCN(c2ccc(NC(=O)Cc3ccc(C(F)(F)F)cc3)nc2)CC1. The highest BCUT2D eigenvalue weighted by Gasteiger charge is 2.30. The minimum absolute atomic E-state index is 0.0613. The molecule has 33 heavy (non-hydrogen) atoms. The molecule has 0 saturated carbocycles. The molecule has 1 N–H and O–H groups in total. The van der Waals surface area contributed by atoms with Crippen LogP contribution in [0.4, 0.5) is 29.5 Å². The number of nitrogens with one attached hydrogen (secondary N) is 1. The number of pyridine rings is 1. The number of hydrogen-bond donors (Lipinski definition) is 1. The summed E-state index contributed by atoms with van der Waals surface area (Å²) in [5, 5.41) is 2.65. The molecule has 1 aliphatic heterocycles. The van der Waals surface area contributed by atoms with Crippen molar-refractivity contribution in [2.45, 2.75) is 39.0 Å². The molecule has 1 aromatic carbocycles. The Morgan fingerprint density at radius 1 is 1.00 bits per heavy atom. The topological polar surface area (TPSA) is 74.8 Å². The van der Waals surface area contributed by atoms with Gasteiger partial charge in [0, 0.05) is 26.2 Å². The zero-order valence-electron chi connectivity index (χ0n) is 18.8. The Kier molecular flexibility index (Phi) is 7.14. The summed E-state index contributed by atoms with van der Waals surface area (Å²) in [6, 6.07) is 7.98. The predicted octanol–water partition coefficient (Wildman–Crippen LogP) is 4.34. The number of carbonyl (C=O) groups excluding carboxylic acids is 2. The van der Waals surface area contributed by atoms with E-state index in [9.17, 15) is 22.8 Å². The fourth-order valence-electron chi connectivity index (χ4n) is 3.30. The quantitative estimate of drug-likeness (QED) is 0.729. The molecule has 0 spiro atoms. The van der Waals surface area contributed by atoms with Crippen LogP contribution < -0.4 is 10.2 Å². The Morgan fingerprint density at radius 3 is 2.15 bits per heavy atom. The van der Waals surface area contributed by atoms with Crippen LogP contribution in [0.15, 0.2) is 42.6 Å². The third kappa shape index (κ3) is 7.10. The van der Waals surface area contributed by atoms with Crippen molar-refractivity contribution in [3.8, 4) is 0 Å². The summed E-state index contributed by atoms with van der Waals surface area (Å²) in [5.74, 6) is -0.0240. The highest BCUT2D eigenvalue weighted by molar-refractivity contribution is 5.91. The van der Waals surface area contributed by atoms with E-state index in [-0.39, 0.29) is 18.4 Å². The first-order chi connectivity index (χ1) is 15.4. The van der Waals surface area contributed by atoms with Crippen molar-refractivity contribution in [3.63, 3.8) is 0 Å². The normalized spacial score (nSPS) is 14.7. The number of carbonyl (C=O) groups is 2. The van der Waals surface area contributed by atoms with Crippen LogP contribution in [-0.2, 0) is 22.1 Å². The Morgan fingerprint density at radius 2 is 1.64 bits per heavy atom. The summed E-state index contributed by atoms with van der Waals surface area (Å²) >= 11 is 0. The van der Waals surface area contributed by atoms with Crippen molar-refractivity contribution < 1.29 is 27.5 Å². The van der Waals surface area contributed by atoms with Crippen LogP contribution in [-0.4, -0.2) is 53.7 Å². The highest BCUT2D eigenvalue weighted by atomic mass is 19.4. The molecule has 0 atom stereocenters. The van der Waals surface area contributed by atoms with Gasteiger partial charge >= 0.3 is 12.3 Å². The summed E-state index contributed by atoms with van der Waals surface area (Å²) in [7, 11) is 0. The van der Waals surface area contributed by atoms with E-state index in [4.69, 9.17) is 4.74 Å². The van der Waals surface area contributed by atoms with Crippen molar-refractivity contribution in [2.24, 2.45) is 0 Å². The Labute approximate surface area is 190 Å². The lowest BCUT2D eigenvalue weighted by molar-refractivity contribution is -0.137. The van der Waals surface area contributed by atoms with E-state index >= 15 is 0 Å². The molecule has 2 heterocycles. The van der Waals surface area contributed by atoms with E-state index in [1.165, 1.54) is 12.1 Å². The fourth-order valence-corrected chi connectivity index (χ4v) is 3.30. The molecule has 178 valence electrons. The fraction of sp³-hybridized carbons (Fsp3) is 0.435. The van der Waals surface area contributed by atoms with E-state index in [0.29, 0.717) is 37.6 Å². The second kappa shape index (κ2) is 9.68. The number of ether oxygens (including phenoxy) is 1. The molecular formula is C23H27F3N4O3. The lowest BCUT2D eigenvalue weighted by atomic mass is 10.1. The van der Waals surface area contributed by atoms with E-state index in [1.807, 2.05) is 26.8 Å². The van der Waals surface area contributed by atoms with E-state index in [1.54, 1.807) is 17.2 Å². The first-order valence-electron chi connectivity index (χ1n) is 10.6. The van der Waals surface area contributed by atoms with Crippen molar-refractivity contribution in [2.75, 3.05) is 36.4 Å². The minimum atomic E-state index is -4.41. The minimum Gasteiger partial charge on any atom is -0.444 e. The van der Waals surface area contributed by atoms with E-state index in [0.717, 1.165) is 17.8 Å². The van der Waals surface area contributed by atoms with Crippen molar-refractivity contribution in [1.29, 1.82) is 0 Å². The molecule has 0 unspecified atom stereocenters. The largest absolute Gasteiger partial charge is 0.444 e. The number of hydrogen-bond acceptors (Lipinski definition) is 5. The smallest absolute Gasteiger partial charge is 0.416 e. The maximum Gasteiger partial charge on any atom is 0.416 e. The van der Waals surface area contributed by atoms with Crippen LogP contribution in [0.25, 0.3) is 0 Å². The molecule has 0 aliphatic carbocycles.